The second kappa shape index (κ2) is 6.97. The average Bonchev–Trinajstić information content (AvgIpc) is 2.45. The Morgan fingerprint density at radius 1 is 0.944 bits per heavy atom. The summed E-state index contributed by atoms with van der Waals surface area (Å²) in [5.74, 6) is 2.60. The maximum atomic E-state index is 5.67. The van der Waals surface area contributed by atoms with E-state index in [-0.39, 0.29) is 0 Å². The third-order valence-corrected chi connectivity index (χ3v) is 3.38. The Bertz CT molecular complexity index is 471. The highest BCUT2D eigenvalue weighted by Gasteiger charge is 1.97. The molecular formula is C15H16O2S. The van der Waals surface area contributed by atoms with Crippen LogP contribution in [0, 0.1) is 0 Å². The predicted octanol–water partition coefficient (Wildman–Crippen LogP) is 3.87. The van der Waals surface area contributed by atoms with Gasteiger partial charge in [-0.15, -0.1) is 11.8 Å². The second-order valence-electron chi connectivity index (χ2n) is 3.69. The molecule has 0 bridgehead atoms. The Hall–Kier alpha value is -1.61. The van der Waals surface area contributed by atoms with Gasteiger partial charge in [-0.1, -0.05) is 24.3 Å². The Kier molecular flexibility index (Phi) is 4.97. The summed E-state index contributed by atoms with van der Waals surface area (Å²) in [5.41, 5.74) is 0. The fourth-order valence-corrected chi connectivity index (χ4v) is 2.28. The van der Waals surface area contributed by atoms with Crippen LogP contribution in [0.3, 0.4) is 0 Å². The summed E-state index contributed by atoms with van der Waals surface area (Å²) in [7, 11) is 1.66. The van der Waals surface area contributed by atoms with Crippen LogP contribution in [0.15, 0.2) is 59.5 Å². The van der Waals surface area contributed by atoms with Gasteiger partial charge in [0.2, 0.25) is 0 Å². The molecule has 0 spiro atoms. The lowest BCUT2D eigenvalue weighted by molar-refractivity contribution is 0.339. The first-order chi connectivity index (χ1) is 8.88. The van der Waals surface area contributed by atoms with Crippen molar-refractivity contribution in [3.8, 4) is 11.5 Å². The zero-order valence-corrected chi connectivity index (χ0v) is 11.2. The summed E-state index contributed by atoms with van der Waals surface area (Å²) < 4.78 is 10.8. The van der Waals surface area contributed by atoms with Crippen molar-refractivity contribution in [3.63, 3.8) is 0 Å². The standard InChI is InChI=1S/C15H16O2S/c1-16-13-6-5-7-14(12-13)17-10-11-18-15-8-3-2-4-9-15/h2-9,12H,10-11H2,1H3. The molecule has 3 heteroatoms. The normalized spacial score (nSPS) is 10.1. The van der Waals surface area contributed by atoms with Crippen LogP contribution in [0.4, 0.5) is 0 Å². The molecule has 0 saturated heterocycles. The van der Waals surface area contributed by atoms with Gasteiger partial charge in [0.05, 0.1) is 13.7 Å². The molecule has 94 valence electrons. The minimum Gasteiger partial charge on any atom is -0.497 e. The molecule has 0 aliphatic heterocycles. The molecule has 18 heavy (non-hydrogen) atoms. The molecule has 0 N–H and O–H groups in total. The summed E-state index contributed by atoms with van der Waals surface area (Å²) in [4.78, 5) is 1.27. The van der Waals surface area contributed by atoms with E-state index < -0.39 is 0 Å². The smallest absolute Gasteiger partial charge is 0.123 e. The van der Waals surface area contributed by atoms with Crippen molar-refractivity contribution in [1.82, 2.24) is 0 Å². The molecule has 2 nitrogen and oxygen atoms in total. The largest absolute Gasteiger partial charge is 0.497 e. The minimum atomic E-state index is 0.687. The highest BCUT2D eigenvalue weighted by molar-refractivity contribution is 7.99. The van der Waals surface area contributed by atoms with Crippen LogP contribution in [-0.4, -0.2) is 19.5 Å². The van der Waals surface area contributed by atoms with E-state index in [4.69, 9.17) is 9.47 Å². The highest BCUT2D eigenvalue weighted by atomic mass is 32.2. The Morgan fingerprint density at radius 2 is 1.72 bits per heavy atom. The van der Waals surface area contributed by atoms with Crippen molar-refractivity contribution in [2.24, 2.45) is 0 Å². The summed E-state index contributed by atoms with van der Waals surface area (Å²) in [5, 5.41) is 0. The first kappa shape index (κ1) is 12.8. The Morgan fingerprint density at radius 3 is 2.50 bits per heavy atom. The maximum absolute atomic E-state index is 5.67. The molecule has 0 heterocycles. The van der Waals surface area contributed by atoms with Crippen LogP contribution in [-0.2, 0) is 0 Å². The van der Waals surface area contributed by atoms with Gasteiger partial charge >= 0.3 is 0 Å². The number of rotatable bonds is 6. The number of hydrogen-bond donors (Lipinski definition) is 0. The van der Waals surface area contributed by atoms with Gasteiger partial charge in [0, 0.05) is 16.7 Å². The molecule has 2 rings (SSSR count). The third-order valence-electron chi connectivity index (χ3n) is 2.41. The number of methoxy groups -OCH3 is 1. The summed E-state index contributed by atoms with van der Waals surface area (Å²) in [6.07, 6.45) is 0. The molecule has 0 radical (unpaired) electrons. The maximum Gasteiger partial charge on any atom is 0.123 e. The van der Waals surface area contributed by atoms with Gasteiger partial charge in [-0.3, -0.25) is 0 Å². The molecule has 0 atom stereocenters. The SMILES string of the molecule is COc1cccc(OCCSc2ccccc2)c1. The number of thioether (sulfide) groups is 1. The lowest BCUT2D eigenvalue weighted by atomic mass is 10.3. The van der Waals surface area contributed by atoms with E-state index in [1.54, 1.807) is 18.9 Å². The molecular weight excluding hydrogens is 244 g/mol. The zero-order valence-electron chi connectivity index (χ0n) is 10.3. The van der Waals surface area contributed by atoms with Gasteiger partial charge in [0.1, 0.15) is 11.5 Å². The highest BCUT2D eigenvalue weighted by Crippen LogP contribution is 2.20. The van der Waals surface area contributed by atoms with E-state index in [0.29, 0.717) is 6.61 Å². The van der Waals surface area contributed by atoms with Crippen molar-refractivity contribution in [2.75, 3.05) is 19.5 Å². The van der Waals surface area contributed by atoms with E-state index in [1.807, 2.05) is 42.5 Å². The second-order valence-corrected chi connectivity index (χ2v) is 4.86. The van der Waals surface area contributed by atoms with Gasteiger partial charge in [0.25, 0.3) is 0 Å². The van der Waals surface area contributed by atoms with Crippen molar-refractivity contribution >= 4 is 11.8 Å². The van der Waals surface area contributed by atoms with Crippen LogP contribution >= 0.6 is 11.8 Å². The van der Waals surface area contributed by atoms with Crippen LogP contribution < -0.4 is 9.47 Å². The lowest BCUT2D eigenvalue weighted by Crippen LogP contribution is -2.00. The molecule has 0 amide bonds. The van der Waals surface area contributed by atoms with Gasteiger partial charge in [0.15, 0.2) is 0 Å². The van der Waals surface area contributed by atoms with Gasteiger partial charge in [-0.2, -0.15) is 0 Å². The topological polar surface area (TPSA) is 18.5 Å². The quantitative estimate of drug-likeness (QED) is 0.580. The summed E-state index contributed by atoms with van der Waals surface area (Å²) in [6.45, 7) is 0.687. The van der Waals surface area contributed by atoms with Crippen LogP contribution in [0.25, 0.3) is 0 Å². The first-order valence-corrected chi connectivity index (χ1v) is 6.82. The van der Waals surface area contributed by atoms with Gasteiger partial charge in [-0.25, -0.2) is 0 Å². The van der Waals surface area contributed by atoms with E-state index in [1.165, 1.54) is 4.90 Å². The van der Waals surface area contributed by atoms with Crippen molar-refractivity contribution < 1.29 is 9.47 Å². The summed E-state index contributed by atoms with van der Waals surface area (Å²) >= 11 is 1.79. The Labute approximate surface area is 112 Å². The monoisotopic (exact) mass is 260 g/mol. The van der Waals surface area contributed by atoms with Crippen molar-refractivity contribution in [1.29, 1.82) is 0 Å². The average molecular weight is 260 g/mol. The zero-order chi connectivity index (χ0) is 12.6. The van der Waals surface area contributed by atoms with Gasteiger partial charge in [-0.05, 0) is 24.3 Å². The van der Waals surface area contributed by atoms with E-state index in [0.717, 1.165) is 17.3 Å². The minimum absolute atomic E-state index is 0.687. The number of hydrogen-bond acceptors (Lipinski definition) is 3. The lowest BCUT2D eigenvalue weighted by Gasteiger charge is -2.07. The first-order valence-electron chi connectivity index (χ1n) is 5.83. The molecule has 0 saturated carbocycles. The van der Waals surface area contributed by atoms with Crippen LogP contribution in [0.5, 0.6) is 11.5 Å². The molecule has 2 aromatic rings. The molecule has 2 aromatic carbocycles. The molecule has 0 aromatic heterocycles. The third kappa shape index (κ3) is 4.00. The molecule has 0 fully saturated rings. The van der Waals surface area contributed by atoms with Crippen molar-refractivity contribution in [3.05, 3.63) is 54.6 Å². The van der Waals surface area contributed by atoms with E-state index in [2.05, 4.69) is 12.1 Å². The summed E-state index contributed by atoms with van der Waals surface area (Å²) in [6, 6.07) is 18.0. The molecule has 0 unspecified atom stereocenters. The number of benzene rings is 2. The Balaban J connectivity index is 1.75. The van der Waals surface area contributed by atoms with Crippen LogP contribution in [0.2, 0.25) is 0 Å². The fraction of sp³-hybridized carbons (Fsp3) is 0.200. The van der Waals surface area contributed by atoms with E-state index >= 15 is 0 Å². The van der Waals surface area contributed by atoms with Gasteiger partial charge < -0.3 is 9.47 Å². The van der Waals surface area contributed by atoms with Crippen molar-refractivity contribution in [2.45, 2.75) is 4.90 Å². The molecule has 0 aliphatic rings. The number of ether oxygens (including phenoxy) is 2. The van der Waals surface area contributed by atoms with Crippen LogP contribution in [0.1, 0.15) is 0 Å². The predicted molar refractivity (Wildman–Crippen MR) is 75.7 cm³/mol. The molecule has 0 aliphatic carbocycles. The fourth-order valence-electron chi connectivity index (χ4n) is 1.53. The van der Waals surface area contributed by atoms with E-state index in [9.17, 15) is 0 Å².